The number of rotatable bonds is 3. The van der Waals surface area contributed by atoms with Crippen LogP contribution in [0.1, 0.15) is 33.6 Å². The number of hydrogen-bond acceptors (Lipinski definition) is 2. The molecule has 3 heteroatoms. The smallest absolute Gasteiger partial charge is 0.225 e. The van der Waals surface area contributed by atoms with Gasteiger partial charge in [0.05, 0.1) is 0 Å². The van der Waals surface area contributed by atoms with Gasteiger partial charge in [0.2, 0.25) is 5.91 Å². The van der Waals surface area contributed by atoms with Crippen molar-refractivity contribution in [2.45, 2.75) is 39.7 Å². The molecular weight excluding hydrogens is 176 g/mol. The Hall–Kier alpha value is -0.570. The highest BCUT2D eigenvalue weighted by atomic mass is 16.2. The fraction of sp³-hybridized carbons (Fsp3) is 0.909. The van der Waals surface area contributed by atoms with Crippen LogP contribution in [0.5, 0.6) is 0 Å². The van der Waals surface area contributed by atoms with Crippen molar-refractivity contribution < 1.29 is 4.79 Å². The Bertz CT molecular complexity index is 203. The van der Waals surface area contributed by atoms with Crippen LogP contribution in [0.25, 0.3) is 0 Å². The van der Waals surface area contributed by atoms with E-state index >= 15 is 0 Å². The minimum Gasteiger partial charge on any atom is -0.342 e. The maximum absolute atomic E-state index is 11.8. The summed E-state index contributed by atoms with van der Waals surface area (Å²) in [5, 5.41) is 0. The van der Waals surface area contributed by atoms with Gasteiger partial charge in [-0.15, -0.1) is 0 Å². The summed E-state index contributed by atoms with van der Waals surface area (Å²) < 4.78 is 0. The van der Waals surface area contributed by atoms with Crippen LogP contribution in [0.3, 0.4) is 0 Å². The predicted molar refractivity (Wildman–Crippen MR) is 57.8 cm³/mol. The standard InChI is InChI=1S/C11H22N2O/c1-4-8(2)11(14)13-6-5-10(7-13)9(3)12/h8-10H,4-7,12H2,1-3H3. The Kier molecular flexibility index (Phi) is 3.93. The first-order valence-corrected chi connectivity index (χ1v) is 5.60. The number of carbonyl (C=O) groups excluding carboxylic acids is 1. The van der Waals surface area contributed by atoms with E-state index in [1.165, 1.54) is 0 Å². The molecule has 3 unspecified atom stereocenters. The van der Waals surface area contributed by atoms with Crippen LogP contribution in [-0.2, 0) is 4.79 Å². The second kappa shape index (κ2) is 4.78. The van der Waals surface area contributed by atoms with Gasteiger partial charge in [-0.2, -0.15) is 0 Å². The van der Waals surface area contributed by atoms with Crippen LogP contribution in [0.4, 0.5) is 0 Å². The topological polar surface area (TPSA) is 46.3 Å². The van der Waals surface area contributed by atoms with E-state index < -0.39 is 0 Å². The number of amides is 1. The Balaban J connectivity index is 2.45. The lowest BCUT2D eigenvalue weighted by molar-refractivity contribution is -0.134. The number of likely N-dealkylation sites (tertiary alicyclic amines) is 1. The van der Waals surface area contributed by atoms with Crippen LogP contribution in [0.15, 0.2) is 0 Å². The number of hydrogen-bond donors (Lipinski definition) is 1. The minimum atomic E-state index is 0.168. The molecule has 1 heterocycles. The van der Waals surface area contributed by atoms with Gasteiger partial charge in [-0.1, -0.05) is 13.8 Å². The zero-order valence-electron chi connectivity index (χ0n) is 9.49. The van der Waals surface area contributed by atoms with E-state index in [9.17, 15) is 4.79 Å². The molecular formula is C11H22N2O. The molecule has 0 bridgehead atoms. The summed E-state index contributed by atoms with van der Waals surface area (Å²) in [7, 11) is 0. The molecule has 1 fully saturated rings. The lowest BCUT2D eigenvalue weighted by Crippen LogP contribution is -2.35. The van der Waals surface area contributed by atoms with Crippen molar-refractivity contribution >= 4 is 5.91 Å². The molecule has 0 aromatic carbocycles. The summed E-state index contributed by atoms with van der Waals surface area (Å²) in [6.45, 7) is 7.85. The summed E-state index contributed by atoms with van der Waals surface area (Å²) in [5.41, 5.74) is 5.83. The molecule has 0 aliphatic carbocycles. The van der Waals surface area contributed by atoms with Crippen LogP contribution in [0, 0.1) is 11.8 Å². The molecule has 1 amide bonds. The Labute approximate surface area is 86.6 Å². The van der Waals surface area contributed by atoms with Crippen molar-refractivity contribution in [3.63, 3.8) is 0 Å². The van der Waals surface area contributed by atoms with Crippen LogP contribution < -0.4 is 5.73 Å². The van der Waals surface area contributed by atoms with E-state index in [0.29, 0.717) is 11.8 Å². The lowest BCUT2D eigenvalue weighted by atomic mass is 10.0. The fourth-order valence-electron chi connectivity index (χ4n) is 1.90. The van der Waals surface area contributed by atoms with E-state index in [1.54, 1.807) is 0 Å². The minimum absolute atomic E-state index is 0.168. The average molecular weight is 198 g/mol. The summed E-state index contributed by atoms with van der Waals surface area (Å²) in [5.74, 6) is 0.973. The lowest BCUT2D eigenvalue weighted by Gasteiger charge is -2.21. The molecule has 2 N–H and O–H groups in total. The van der Waals surface area contributed by atoms with E-state index in [4.69, 9.17) is 5.73 Å². The van der Waals surface area contributed by atoms with Gasteiger partial charge in [0.1, 0.15) is 0 Å². The quantitative estimate of drug-likeness (QED) is 0.741. The molecule has 3 nitrogen and oxygen atoms in total. The highest BCUT2D eigenvalue weighted by Crippen LogP contribution is 2.21. The van der Waals surface area contributed by atoms with Crippen molar-refractivity contribution in [1.29, 1.82) is 0 Å². The molecule has 82 valence electrons. The summed E-state index contributed by atoms with van der Waals surface area (Å²) in [6, 6.07) is 0.213. The molecule has 0 radical (unpaired) electrons. The maximum atomic E-state index is 11.8. The number of carbonyl (C=O) groups is 1. The normalized spacial score (nSPS) is 26.3. The zero-order valence-corrected chi connectivity index (χ0v) is 9.49. The van der Waals surface area contributed by atoms with Crippen LogP contribution >= 0.6 is 0 Å². The summed E-state index contributed by atoms with van der Waals surface area (Å²) in [6.07, 6.45) is 2.00. The molecule has 1 rings (SSSR count). The molecule has 0 aromatic rings. The van der Waals surface area contributed by atoms with Gasteiger partial charge in [-0.25, -0.2) is 0 Å². The largest absolute Gasteiger partial charge is 0.342 e. The van der Waals surface area contributed by atoms with E-state index in [-0.39, 0.29) is 12.0 Å². The van der Waals surface area contributed by atoms with E-state index in [2.05, 4.69) is 6.92 Å². The van der Waals surface area contributed by atoms with Gasteiger partial charge in [-0.05, 0) is 25.7 Å². The highest BCUT2D eigenvalue weighted by Gasteiger charge is 2.29. The Morgan fingerprint density at radius 2 is 2.21 bits per heavy atom. The van der Waals surface area contributed by atoms with E-state index in [1.807, 2.05) is 18.7 Å². The van der Waals surface area contributed by atoms with Gasteiger partial charge >= 0.3 is 0 Å². The fourth-order valence-corrected chi connectivity index (χ4v) is 1.90. The Morgan fingerprint density at radius 3 is 2.64 bits per heavy atom. The first-order chi connectivity index (χ1) is 6.56. The maximum Gasteiger partial charge on any atom is 0.225 e. The van der Waals surface area contributed by atoms with Gasteiger partial charge < -0.3 is 10.6 Å². The molecule has 0 aromatic heterocycles. The monoisotopic (exact) mass is 198 g/mol. The number of nitrogens with zero attached hydrogens (tertiary/aromatic N) is 1. The molecule has 1 aliphatic rings. The third kappa shape index (κ3) is 2.47. The molecule has 0 spiro atoms. The third-order valence-electron chi connectivity index (χ3n) is 3.31. The van der Waals surface area contributed by atoms with Crippen molar-refractivity contribution in [3.8, 4) is 0 Å². The molecule has 14 heavy (non-hydrogen) atoms. The Morgan fingerprint density at radius 1 is 1.57 bits per heavy atom. The average Bonchev–Trinajstić information content (AvgIpc) is 2.64. The second-order valence-electron chi connectivity index (χ2n) is 4.50. The van der Waals surface area contributed by atoms with Crippen molar-refractivity contribution in [2.24, 2.45) is 17.6 Å². The summed E-state index contributed by atoms with van der Waals surface area (Å²) >= 11 is 0. The molecule has 1 saturated heterocycles. The van der Waals surface area contributed by atoms with Crippen LogP contribution in [-0.4, -0.2) is 29.9 Å². The van der Waals surface area contributed by atoms with Crippen LogP contribution in [0.2, 0.25) is 0 Å². The van der Waals surface area contributed by atoms with Crippen molar-refractivity contribution in [1.82, 2.24) is 4.90 Å². The first-order valence-electron chi connectivity index (χ1n) is 5.60. The third-order valence-corrected chi connectivity index (χ3v) is 3.31. The van der Waals surface area contributed by atoms with Gasteiger partial charge in [0.25, 0.3) is 0 Å². The van der Waals surface area contributed by atoms with Gasteiger partial charge in [0.15, 0.2) is 0 Å². The SMILES string of the molecule is CCC(C)C(=O)N1CCC(C(C)N)C1. The first kappa shape index (κ1) is 11.5. The molecule has 1 aliphatic heterocycles. The predicted octanol–water partition coefficient (Wildman–Crippen LogP) is 1.23. The highest BCUT2D eigenvalue weighted by molar-refractivity contribution is 5.78. The van der Waals surface area contributed by atoms with E-state index in [0.717, 1.165) is 25.9 Å². The second-order valence-corrected chi connectivity index (χ2v) is 4.50. The molecule has 3 atom stereocenters. The van der Waals surface area contributed by atoms with Crippen molar-refractivity contribution in [2.75, 3.05) is 13.1 Å². The van der Waals surface area contributed by atoms with Gasteiger partial charge in [0, 0.05) is 25.0 Å². The summed E-state index contributed by atoms with van der Waals surface area (Å²) in [4.78, 5) is 13.8. The zero-order chi connectivity index (χ0) is 10.7. The molecule has 0 saturated carbocycles. The van der Waals surface area contributed by atoms with Gasteiger partial charge in [-0.3, -0.25) is 4.79 Å². The number of nitrogens with two attached hydrogens (primary N) is 1. The van der Waals surface area contributed by atoms with Crippen molar-refractivity contribution in [3.05, 3.63) is 0 Å².